The molecule has 2 atom stereocenters. The van der Waals surface area contributed by atoms with Gasteiger partial charge in [-0.3, -0.25) is 4.90 Å². The van der Waals surface area contributed by atoms with E-state index in [-0.39, 0.29) is 18.8 Å². The van der Waals surface area contributed by atoms with Crippen LogP contribution in [0.1, 0.15) is 39.5 Å². The summed E-state index contributed by atoms with van der Waals surface area (Å²) in [7, 11) is 0. The Hall–Kier alpha value is -0.120. The number of aliphatic hydroxyl groups excluding tert-OH is 2. The zero-order valence-electron chi connectivity index (χ0n) is 9.32. The van der Waals surface area contributed by atoms with Gasteiger partial charge in [-0.25, -0.2) is 0 Å². The van der Waals surface area contributed by atoms with E-state index in [1.165, 1.54) is 25.7 Å². The largest absolute Gasteiger partial charge is 0.395 e. The van der Waals surface area contributed by atoms with Crippen LogP contribution in [-0.2, 0) is 0 Å². The van der Waals surface area contributed by atoms with Crippen LogP contribution in [-0.4, -0.2) is 46.5 Å². The van der Waals surface area contributed by atoms with Crippen LogP contribution >= 0.6 is 0 Å². The van der Waals surface area contributed by atoms with Gasteiger partial charge in [-0.15, -0.1) is 0 Å². The summed E-state index contributed by atoms with van der Waals surface area (Å²) in [4.78, 5) is 2.26. The van der Waals surface area contributed by atoms with Crippen molar-refractivity contribution >= 4 is 0 Å². The summed E-state index contributed by atoms with van der Waals surface area (Å²) in [5, 5.41) is 18.6. The molecule has 0 radical (unpaired) electrons. The summed E-state index contributed by atoms with van der Waals surface area (Å²) < 4.78 is 0. The molecule has 2 N–H and O–H groups in total. The van der Waals surface area contributed by atoms with Gasteiger partial charge >= 0.3 is 0 Å². The van der Waals surface area contributed by atoms with Crippen molar-refractivity contribution in [3.8, 4) is 0 Å². The maximum absolute atomic E-state index is 9.55. The predicted octanol–water partition coefficient (Wildman–Crippen LogP) is 0.993. The Balaban J connectivity index is 2.52. The first-order valence-electron chi connectivity index (χ1n) is 5.71. The van der Waals surface area contributed by atoms with Crippen LogP contribution in [0, 0.1) is 0 Å². The zero-order chi connectivity index (χ0) is 10.6. The fourth-order valence-corrected chi connectivity index (χ4v) is 2.35. The average molecular weight is 201 g/mol. The fraction of sp³-hybridized carbons (Fsp3) is 1.00. The number of hydrogen-bond donors (Lipinski definition) is 2. The monoisotopic (exact) mass is 201 g/mol. The lowest BCUT2D eigenvalue weighted by Gasteiger charge is -2.35. The smallest absolute Gasteiger partial charge is 0.0664 e. The molecule has 2 unspecified atom stereocenters. The molecule has 1 fully saturated rings. The van der Waals surface area contributed by atoms with Crippen LogP contribution in [0.2, 0.25) is 0 Å². The average Bonchev–Trinajstić information content (AvgIpc) is 2.65. The molecule has 14 heavy (non-hydrogen) atoms. The molecule has 0 spiro atoms. The second-order valence-corrected chi connectivity index (χ2v) is 4.38. The van der Waals surface area contributed by atoms with Gasteiger partial charge in [-0.05, 0) is 26.7 Å². The highest BCUT2D eigenvalue weighted by atomic mass is 16.3. The van der Waals surface area contributed by atoms with Gasteiger partial charge in [-0.2, -0.15) is 0 Å². The third-order valence-corrected chi connectivity index (χ3v) is 3.37. The van der Waals surface area contributed by atoms with Crippen molar-refractivity contribution in [1.29, 1.82) is 0 Å². The van der Waals surface area contributed by atoms with Gasteiger partial charge in [0.05, 0.1) is 12.7 Å². The molecule has 1 aliphatic rings. The highest BCUT2D eigenvalue weighted by Gasteiger charge is 2.27. The van der Waals surface area contributed by atoms with E-state index in [0.717, 1.165) is 0 Å². The van der Waals surface area contributed by atoms with Crippen molar-refractivity contribution in [1.82, 2.24) is 4.90 Å². The fourth-order valence-electron chi connectivity index (χ4n) is 2.35. The minimum Gasteiger partial charge on any atom is -0.395 e. The van der Waals surface area contributed by atoms with E-state index in [4.69, 9.17) is 5.11 Å². The molecular weight excluding hydrogens is 178 g/mol. The highest BCUT2D eigenvalue weighted by molar-refractivity contribution is 4.82. The molecule has 0 heterocycles. The number of nitrogens with zero attached hydrogens (tertiary/aromatic N) is 1. The van der Waals surface area contributed by atoms with Crippen LogP contribution in [0.15, 0.2) is 0 Å². The van der Waals surface area contributed by atoms with Crippen LogP contribution in [0.25, 0.3) is 0 Å². The van der Waals surface area contributed by atoms with Crippen LogP contribution < -0.4 is 0 Å². The lowest BCUT2D eigenvalue weighted by molar-refractivity contribution is 0.0331. The Morgan fingerprint density at radius 2 is 1.86 bits per heavy atom. The molecular formula is C11H23NO2. The summed E-state index contributed by atoms with van der Waals surface area (Å²) in [5.74, 6) is 0. The Bertz CT molecular complexity index is 153. The van der Waals surface area contributed by atoms with Crippen molar-refractivity contribution in [2.75, 3.05) is 13.2 Å². The lowest BCUT2D eigenvalue weighted by atomic mass is 10.1. The molecule has 0 aromatic rings. The van der Waals surface area contributed by atoms with Crippen LogP contribution in [0.5, 0.6) is 0 Å². The summed E-state index contributed by atoms with van der Waals surface area (Å²) >= 11 is 0. The van der Waals surface area contributed by atoms with Crippen molar-refractivity contribution < 1.29 is 10.2 Å². The van der Waals surface area contributed by atoms with Crippen LogP contribution in [0.4, 0.5) is 0 Å². The second kappa shape index (κ2) is 5.69. The Morgan fingerprint density at radius 1 is 1.29 bits per heavy atom. The number of aliphatic hydroxyl groups is 2. The van der Waals surface area contributed by atoms with Gasteiger partial charge in [0.1, 0.15) is 0 Å². The van der Waals surface area contributed by atoms with Gasteiger partial charge in [0.15, 0.2) is 0 Å². The molecule has 0 bridgehead atoms. The van der Waals surface area contributed by atoms with E-state index in [1.807, 2.05) is 13.8 Å². The van der Waals surface area contributed by atoms with Gasteiger partial charge in [-0.1, -0.05) is 12.8 Å². The molecule has 0 saturated heterocycles. The van der Waals surface area contributed by atoms with E-state index in [1.54, 1.807) is 0 Å². The van der Waals surface area contributed by atoms with Gasteiger partial charge in [0, 0.05) is 18.6 Å². The van der Waals surface area contributed by atoms with E-state index >= 15 is 0 Å². The second-order valence-electron chi connectivity index (χ2n) is 4.38. The molecule has 1 rings (SSSR count). The zero-order valence-corrected chi connectivity index (χ0v) is 9.32. The first kappa shape index (κ1) is 12.0. The minimum absolute atomic E-state index is 0.158. The van der Waals surface area contributed by atoms with Crippen molar-refractivity contribution in [2.45, 2.75) is 57.7 Å². The Morgan fingerprint density at radius 3 is 2.29 bits per heavy atom. The number of hydrogen-bond acceptors (Lipinski definition) is 3. The van der Waals surface area contributed by atoms with Crippen molar-refractivity contribution in [3.63, 3.8) is 0 Å². The lowest BCUT2D eigenvalue weighted by Crippen LogP contribution is -2.47. The van der Waals surface area contributed by atoms with Crippen molar-refractivity contribution in [3.05, 3.63) is 0 Å². The third-order valence-electron chi connectivity index (χ3n) is 3.37. The molecule has 1 aliphatic carbocycles. The van der Waals surface area contributed by atoms with E-state index in [9.17, 15) is 5.11 Å². The summed E-state index contributed by atoms with van der Waals surface area (Å²) in [6, 6.07) is 0.733. The molecule has 1 saturated carbocycles. The molecule has 3 nitrogen and oxygen atoms in total. The summed E-state index contributed by atoms with van der Waals surface area (Å²) in [6.45, 7) is 4.74. The first-order chi connectivity index (χ1) is 6.66. The van der Waals surface area contributed by atoms with E-state index in [2.05, 4.69) is 4.90 Å². The normalized spacial score (nSPS) is 22.9. The van der Waals surface area contributed by atoms with Crippen molar-refractivity contribution in [2.24, 2.45) is 0 Å². The minimum atomic E-state index is -0.317. The maximum Gasteiger partial charge on any atom is 0.0664 e. The molecule has 0 amide bonds. The molecule has 0 aromatic carbocycles. The predicted molar refractivity (Wildman–Crippen MR) is 57.2 cm³/mol. The standard InChI is InChI=1S/C11H23NO2/c1-9(10(2)14)12(7-8-13)11-5-3-4-6-11/h9-11,13-14H,3-8H2,1-2H3. The Labute approximate surface area is 86.7 Å². The Kier molecular flexibility index (Phi) is 4.85. The molecule has 0 aromatic heterocycles. The van der Waals surface area contributed by atoms with Gasteiger partial charge in [0.2, 0.25) is 0 Å². The SMILES string of the molecule is CC(O)C(C)N(CCO)C1CCCC1. The van der Waals surface area contributed by atoms with Gasteiger partial charge in [0.25, 0.3) is 0 Å². The topological polar surface area (TPSA) is 43.7 Å². The first-order valence-corrected chi connectivity index (χ1v) is 5.71. The van der Waals surface area contributed by atoms with Crippen LogP contribution in [0.3, 0.4) is 0 Å². The molecule has 3 heteroatoms. The summed E-state index contributed by atoms with van der Waals surface area (Å²) in [6.07, 6.45) is 4.70. The number of rotatable bonds is 5. The summed E-state index contributed by atoms with van der Waals surface area (Å²) in [5.41, 5.74) is 0. The van der Waals surface area contributed by atoms with Gasteiger partial charge < -0.3 is 10.2 Å². The maximum atomic E-state index is 9.55. The quantitative estimate of drug-likeness (QED) is 0.697. The van der Waals surface area contributed by atoms with E-state index in [0.29, 0.717) is 12.6 Å². The molecule has 0 aliphatic heterocycles. The highest BCUT2D eigenvalue weighted by Crippen LogP contribution is 2.25. The molecule has 84 valence electrons. The third kappa shape index (κ3) is 2.94. The van der Waals surface area contributed by atoms with E-state index < -0.39 is 0 Å².